The highest BCUT2D eigenvalue weighted by Gasteiger charge is 2.11. The van der Waals surface area contributed by atoms with E-state index in [1.54, 1.807) is 0 Å². The largest absolute Gasteiger partial charge is 0.343 e. The Morgan fingerprint density at radius 3 is 2.15 bits per heavy atom. The van der Waals surface area contributed by atoms with Gasteiger partial charge in [-0.25, -0.2) is 0 Å². The molecule has 0 aliphatic carbocycles. The van der Waals surface area contributed by atoms with E-state index in [4.69, 9.17) is 0 Å². The first-order valence-electron chi connectivity index (χ1n) is 9.15. The molecule has 2 rings (SSSR count). The summed E-state index contributed by atoms with van der Waals surface area (Å²) in [6.07, 6.45) is 3.32. The maximum Gasteiger partial charge on any atom is 0.251 e. The van der Waals surface area contributed by atoms with E-state index in [0.29, 0.717) is 5.56 Å². The summed E-state index contributed by atoms with van der Waals surface area (Å²) in [7, 11) is 0. The van der Waals surface area contributed by atoms with Gasteiger partial charge in [-0.3, -0.25) is 9.59 Å². The molecule has 0 unspecified atom stereocenters. The lowest BCUT2D eigenvalue weighted by atomic mass is 10.1. The number of hydrogen-bond donors (Lipinski definition) is 2. The average Bonchev–Trinajstić information content (AvgIpc) is 2.61. The van der Waals surface area contributed by atoms with Gasteiger partial charge in [0.15, 0.2) is 0 Å². The number of carbonyl (C=O) groups is 2. The van der Waals surface area contributed by atoms with Crippen molar-refractivity contribution in [2.24, 2.45) is 0 Å². The summed E-state index contributed by atoms with van der Waals surface area (Å²) in [5, 5.41) is 5.57. The van der Waals surface area contributed by atoms with E-state index in [0.717, 1.165) is 41.6 Å². The van der Waals surface area contributed by atoms with Gasteiger partial charge < -0.3 is 10.6 Å². The van der Waals surface area contributed by atoms with Crippen LogP contribution in [-0.2, 0) is 11.2 Å². The molecule has 0 atom stereocenters. The Kier molecular flexibility index (Phi) is 6.96. The number of carbonyl (C=O) groups excluding carboxylic acids is 2. The molecule has 0 saturated carbocycles. The van der Waals surface area contributed by atoms with E-state index >= 15 is 0 Å². The zero-order chi connectivity index (χ0) is 19.1. The van der Waals surface area contributed by atoms with Crippen LogP contribution in [0.5, 0.6) is 0 Å². The highest BCUT2D eigenvalue weighted by atomic mass is 16.2. The fraction of sp³-hybridized carbons (Fsp3) is 0.364. The highest BCUT2D eigenvalue weighted by Crippen LogP contribution is 2.21. The maximum atomic E-state index is 12.2. The first-order valence-corrected chi connectivity index (χ1v) is 9.15. The fourth-order valence-electron chi connectivity index (χ4n) is 3.03. The van der Waals surface area contributed by atoms with Crippen molar-refractivity contribution < 1.29 is 9.59 Å². The molecule has 0 spiro atoms. The average molecular weight is 352 g/mol. The minimum atomic E-state index is -0.237. The second-order valence-corrected chi connectivity index (χ2v) is 6.81. The van der Waals surface area contributed by atoms with Crippen LogP contribution in [0.2, 0.25) is 0 Å². The zero-order valence-corrected chi connectivity index (χ0v) is 16.1. The van der Waals surface area contributed by atoms with Crippen LogP contribution in [0.4, 0.5) is 5.69 Å². The fourth-order valence-corrected chi connectivity index (χ4v) is 3.03. The molecule has 0 radical (unpaired) electrons. The van der Waals surface area contributed by atoms with Crippen molar-refractivity contribution in [3.05, 3.63) is 64.2 Å². The molecular weight excluding hydrogens is 324 g/mol. The second-order valence-electron chi connectivity index (χ2n) is 6.81. The van der Waals surface area contributed by atoms with Crippen molar-refractivity contribution in [1.29, 1.82) is 0 Å². The summed E-state index contributed by atoms with van der Waals surface area (Å²) < 4.78 is 0. The number of benzene rings is 2. The number of rotatable bonds is 7. The third-order valence-electron chi connectivity index (χ3n) is 4.39. The molecule has 4 nitrogen and oxygen atoms in total. The van der Waals surface area contributed by atoms with Gasteiger partial charge in [-0.1, -0.05) is 43.2 Å². The molecule has 0 fully saturated rings. The van der Waals surface area contributed by atoms with Crippen LogP contribution >= 0.6 is 0 Å². The third-order valence-corrected chi connectivity index (χ3v) is 4.39. The van der Waals surface area contributed by atoms with Crippen LogP contribution in [0.3, 0.4) is 0 Å². The summed E-state index contributed by atoms with van der Waals surface area (Å²) in [5.74, 6) is -0.465. The molecule has 138 valence electrons. The van der Waals surface area contributed by atoms with Crippen LogP contribution in [0.15, 0.2) is 36.4 Å². The van der Waals surface area contributed by atoms with Gasteiger partial charge in [0.05, 0.1) is 6.54 Å². The lowest BCUT2D eigenvalue weighted by Gasteiger charge is -2.13. The summed E-state index contributed by atoms with van der Waals surface area (Å²) in [4.78, 5) is 24.4. The molecule has 0 heterocycles. The standard InChI is InChI=1S/C22H28N2O2/c1-5-6-7-18-8-10-19(11-9-18)22(26)23-14-20(25)24-21-16(3)12-15(2)13-17(21)4/h8-13H,5-7,14H2,1-4H3,(H,23,26)(H,24,25). The second kappa shape index (κ2) is 9.18. The zero-order valence-electron chi connectivity index (χ0n) is 16.1. The van der Waals surface area contributed by atoms with Gasteiger partial charge in [0.25, 0.3) is 5.91 Å². The highest BCUT2D eigenvalue weighted by molar-refractivity contribution is 5.99. The van der Waals surface area contributed by atoms with E-state index in [1.165, 1.54) is 5.56 Å². The van der Waals surface area contributed by atoms with E-state index in [-0.39, 0.29) is 18.4 Å². The van der Waals surface area contributed by atoms with Crippen molar-refractivity contribution >= 4 is 17.5 Å². The summed E-state index contributed by atoms with van der Waals surface area (Å²) >= 11 is 0. The Balaban J connectivity index is 1.90. The molecule has 2 aromatic rings. The van der Waals surface area contributed by atoms with Gasteiger partial charge in [0, 0.05) is 11.3 Å². The number of nitrogens with one attached hydrogen (secondary N) is 2. The predicted octanol–water partition coefficient (Wildman–Crippen LogP) is 4.32. The van der Waals surface area contributed by atoms with Gasteiger partial charge in [-0.05, 0) is 62.4 Å². The van der Waals surface area contributed by atoms with E-state index in [9.17, 15) is 9.59 Å². The number of hydrogen-bond acceptors (Lipinski definition) is 2. The predicted molar refractivity (Wildman–Crippen MR) is 107 cm³/mol. The Morgan fingerprint density at radius 2 is 1.58 bits per heavy atom. The molecule has 2 N–H and O–H groups in total. The number of aryl methyl sites for hydroxylation is 4. The summed E-state index contributed by atoms with van der Waals surface area (Å²) in [6.45, 7) is 8.07. The van der Waals surface area contributed by atoms with Gasteiger partial charge >= 0.3 is 0 Å². The van der Waals surface area contributed by atoms with Gasteiger partial charge in [0.1, 0.15) is 0 Å². The van der Waals surface area contributed by atoms with E-state index in [2.05, 4.69) is 17.6 Å². The van der Waals surface area contributed by atoms with Crippen molar-refractivity contribution in [2.45, 2.75) is 47.0 Å². The van der Waals surface area contributed by atoms with Gasteiger partial charge in [0.2, 0.25) is 5.91 Å². The third kappa shape index (κ3) is 5.45. The number of anilines is 1. The van der Waals surface area contributed by atoms with Crippen LogP contribution in [0.1, 0.15) is 52.4 Å². The van der Waals surface area contributed by atoms with Crippen molar-refractivity contribution in [2.75, 3.05) is 11.9 Å². The van der Waals surface area contributed by atoms with Crippen molar-refractivity contribution in [3.8, 4) is 0 Å². The topological polar surface area (TPSA) is 58.2 Å². The molecule has 0 aromatic heterocycles. The minimum absolute atomic E-state index is 0.0524. The molecule has 2 amide bonds. The van der Waals surface area contributed by atoms with Gasteiger partial charge in [-0.2, -0.15) is 0 Å². The summed E-state index contributed by atoms with van der Waals surface area (Å²) in [5.41, 5.74) is 5.81. The lowest BCUT2D eigenvalue weighted by molar-refractivity contribution is -0.115. The SMILES string of the molecule is CCCCc1ccc(C(=O)NCC(=O)Nc2c(C)cc(C)cc2C)cc1. The normalized spacial score (nSPS) is 10.5. The Hall–Kier alpha value is -2.62. The Morgan fingerprint density at radius 1 is 0.962 bits per heavy atom. The Bertz CT molecular complexity index is 756. The van der Waals surface area contributed by atoms with Crippen molar-refractivity contribution in [3.63, 3.8) is 0 Å². The first-order chi connectivity index (χ1) is 12.4. The quantitative estimate of drug-likeness (QED) is 0.779. The van der Waals surface area contributed by atoms with E-state index in [1.807, 2.05) is 57.2 Å². The number of unbranched alkanes of at least 4 members (excludes halogenated alkanes) is 1. The van der Waals surface area contributed by atoms with E-state index < -0.39 is 0 Å². The molecule has 0 aliphatic rings. The lowest BCUT2D eigenvalue weighted by Crippen LogP contribution is -2.33. The molecule has 4 heteroatoms. The van der Waals surface area contributed by atoms with Crippen LogP contribution < -0.4 is 10.6 Å². The summed E-state index contributed by atoms with van der Waals surface area (Å²) in [6, 6.07) is 11.6. The smallest absolute Gasteiger partial charge is 0.251 e. The van der Waals surface area contributed by atoms with Crippen LogP contribution in [-0.4, -0.2) is 18.4 Å². The molecule has 26 heavy (non-hydrogen) atoms. The van der Waals surface area contributed by atoms with Crippen LogP contribution in [0, 0.1) is 20.8 Å². The monoisotopic (exact) mass is 352 g/mol. The van der Waals surface area contributed by atoms with Crippen molar-refractivity contribution in [1.82, 2.24) is 5.32 Å². The van der Waals surface area contributed by atoms with Crippen LogP contribution in [0.25, 0.3) is 0 Å². The number of amides is 2. The first kappa shape index (κ1) is 19.7. The molecule has 2 aromatic carbocycles. The maximum absolute atomic E-state index is 12.2. The molecule has 0 bridgehead atoms. The molecular formula is C22H28N2O2. The Labute approximate surface area is 156 Å². The minimum Gasteiger partial charge on any atom is -0.343 e. The molecule has 0 saturated heterocycles. The van der Waals surface area contributed by atoms with Gasteiger partial charge in [-0.15, -0.1) is 0 Å². The molecule has 0 aliphatic heterocycles.